The molecule has 0 aromatic carbocycles. The molecule has 1 aliphatic heterocycles. The SMILES string of the molecule is C/C=C\C=NC1=C(C(C)C)C=NC1C. The Morgan fingerprint density at radius 2 is 2.21 bits per heavy atom. The highest BCUT2D eigenvalue weighted by molar-refractivity contribution is 5.85. The van der Waals surface area contributed by atoms with Crippen LogP contribution in [0.1, 0.15) is 27.7 Å². The van der Waals surface area contributed by atoms with Crippen molar-refractivity contribution in [3.63, 3.8) is 0 Å². The Hall–Kier alpha value is -1.18. The third-order valence-electron chi connectivity index (χ3n) is 2.24. The van der Waals surface area contributed by atoms with E-state index in [9.17, 15) is 0 Å². The normalized spacial score (nSPS) is 22.5. The number of allylic oxidation sites excluding steroid dienone is 3. The molecule has 1 atom stereocenters. The molecule has 0 saturated carbocycles. The first-order chi connectivity index (χ1) is 6.66. The van der Waals surface area contributed by atoms with Gasteiger partial charge in [0.1, 0.15) is 0 Å². The molecule has 0 fully saturated rings. The third-order valence-corrected chi connectivity index (χ3v) is 2.24. The number of hydrogen-bond donors (Lipinski definition) is 0. The highest BCUT2D eigenvalue weighted by atomic mass is 14.9. The lowest BCUT2D eigenvalue weighted by Gasteiger charge is -2.06. The molecule has 0 radical (unpaired) electrons. The van der Waals surface area contributed by atoms with Gasteiger partial charge in [0.15, 0.2) is 0 Å². The van der Waals surface area contributed by atoms with Gasteiger partial charge >= 0.3 is 0 Å². The smallest absolute Gasteiger partial charge is 0.0895 e. The van der Waals surface area contributed by atoms with Gasteiger partial charge in [-0.3, -0.25) is 9.98 Å². The Labute approximate surface area is 86.2 Å². The lowest BCUT2D eigenvalue weighted by Crippen LogP contribution is -2.01. The summed E-state index contributed by atoms with van der Waals surface area (Å²) in [6, 6.07) is 0.217. The highest BCUT2D eigenvalue weighted by Crippen LogP contribution is 2.23. The van der Waals surface area contributed by atoms with E-state index in [1.54, 1.807) is 0 Å². The average molecular weight is 190 g/mol. The van der Waals surface area contributed by atoms with Gasteiger partial charge in [-0.2, -0.15) is 0 Å². The molecule has 0 aliphatic carbocycles. The maximum Gasteiger partial charge on any atom is 0.0895 e. The number of nitrogens with zero attached hydrogens (tertiary/aromatic N) is 2. The van der Waals surface area contributed by atoms with Gasteiger partial charge in [-0.25, -0.2) is 0 Å². The fraction of sp³-hybridized carbons (Fsp3) is 0.500. The maximum atomic E-state index is 4.44. The Bertz CT molecular complexity index is 306. The second-order valence-corrected chi connectivity index (χ2v) is 3.75. The monoisotopic (exact) mass is 190 g/mol. The largest absolute Gasteiger partial charge is 0.283 e. The van der Waals surface area contributed by atoms with Crippen LogP contribution in [0.5, 0.6) is 0 Å². The molecule has 14 heavy (non-hydrogen) atoms. The van der Waals surface area contributed by atoms with Crippen LogP contribution < -0.4 is 0 Å². The van der Waals surface area contributed by atoms with Crippen LogP contribution in [0.4, 0.5) is 0 Å². The zero-order valence-electron chi connectivity index (χ0n) is 9.36. The van der Waals surface area contributed by atoms with Gasteiger partial charge in [-0.05, 0) is 31.4 Å². The zero-order valence-corrected chi connectivity index (χ0v) is 9.36. The molecule has 0 aromatic rings. The molecule has 2 heteroatoms. The number of hydrogen-bond acceptors (Lipinski definition) is 2. The molecule has 1 rings (SSSR count). The van der Waals surface area contributed by atoms with Gasteiger partial charge < -0.3 is 0 Å². The summed E-state index contributed by atoms with van der Waals surface area (Å²) in [4.78, 5) is 8.80. The minimum absolute atomic E-state index is 0.217. The van der Waals surface area contributed by atoms with E-state index in [0.717, 1.165) is 5.70 Å². The Morgan fingerprint density at radius 3 is 2.79 bits per heavy atom. The average Bonchev–Trinajstić information content (AvgIpc) is 2.48. The van der Waals surface area contributed by atoms with Gasteiger partial charge in [0, 0.05) is 12.4 Å². The van der Waals surface area contributed by atoms with Gasteiger partial charge in [0.05, 0.1) is 11.7 Å². The van der Waals surface area contributed by atoms with Crippen LogP contribution in [0.3, 0.4) is 0 Å². The van der Waals surface area contributed by atoms with Crippen molar-refractivity contribution in [3.8, 4) is 0 Å². The fourth-order valence-electron chi connectivity index (χ4n) is 1.41. The quantitative estimate of drug-likeness (QED) is 0.611. The van der Waals surface area contributed by atoms with Crippen molar-refractivity contribution in [2.75, 3.05) is 0 Å². The van der Waals surface area contributed by atoms with Crippen LogP contribution in [0.25, 0.3) is 0 Å². The van der Waals surface area contributed by atoms with E-state index >= 15 is 0 Å². The van der Waals surface area contributed by atoms with Crippen LogP contribution >= 0.6 is 0 Å². The first kappa shape index (κ1) is 10.9. The van der Waals surface area contributed by atoms with Gasteiger partial charge in [-0.15, -0.1) is 0 Å². The molecule has 0 amide bonds. The Kier molecular flexibility index (Phi) is 3.81. The molecular weight excluding hydrogens is 172 g/mol. The minimum atomic E-state index is 0.217. The molecule has 0 spiro atoms. The van der Waals surface area contributed by atoms with Crippen LogP contribution in [-0.2, 0) is 0 Å². The fourth-order valence-corrected chi connectivity index (χ4v) is 1.41. The second-order valence-electron chi connectivity index (χ2n) is 3.75. The van der Waals surface area contributed by atoms with Crippen molar-refractivity contribution >= 4 is 12.4 Å². The van der Waals surface area contributed by atoms with E-state index in [4.69, 9.17) is 0 Å². The van der Waals surface area contributed by atoms with Crippen molar-refractivity contribution in [1.29, 1.82) is 0 Å². The van der Waals surface area contributed by atoms with Gasteiger partial charge in [0.2, 0.25) is 0 Å². The molecule has 0 saturated heterocycles. The van der Waals surface area contributed by atoms with E-state index in [-0.39, 0.29) is 6.04 Å². The first-order valence-corrected chi connectivity index (χ1v) is 5.09. The van der Waals surface area contributed by atoms with Gasteiger partial charge in [0.25, 0.3) is 0 Å². The summed E-state index contributed by atoms with van der Waals surface area (Å²) in [5, 5.41) is 0. The summed E-state index contributed by atoms with van der Waals surface area (Å²) in [5.74, 6) is 0.501. The van der Waals surface area contributed by atoms with Crippen LogP contribution in [-0.4, -0.2) is 18.5 Å². The highest BCUT2D eigenvalue weighted by Gasteiger charge is 2.18. The van der Waals surface area contributed by atoms with Crippen molar-refractivity contribution in [2.24, 2.45) is 15.9 Å². The summed E-state index contributed by atoms with van der Waals surface area (Å²) < 4.78 is 0. The first-order valence-electron chi connectivity index (χ1n) is 5.09. The van der Waals surface area contributed by atoms with Crippen molar-refractivity contribution in [1.82, 2.24) is 0 Å². The summed E-state index contributed by atoms with van der Waals surface area (Å²) in [7, 11) is 0. The molecule has 2 nitrogen and oxygen atoms in total. The standard InChI is InChI=1S/C12H18N2/c1-5-6-7-13-12-10(4)14-8-11(12)9(2)3/h5-10H,1-4H3/b6-5-,13-7?. The van der Waals surface area contributed by atoms with E-state index in [0.29, 0.717) is 5.92 Å². The molecule has 1 heterocycles. The molecular formula is C12H18N2. The number of rotatable bonds is 3. The topological polar surface area (TPSA) is 24.7 Å². The maximum absolute atomic E-state index is 4.44. The molecule has 1 aliphatic rings. The van der Waals surface area contributed by atoms with Crippen LogP contribution in [0, 0.1) is 5.92 Å². The number of aliphatic imine (C=N–C) groups is 2. The molecule has 1 unspecified atom stereocenters. The Morgan fingerprint density at radius 1 is 1.50 bits per heavy atom. The van der Waals surface area contributed by atoms with Crippen molar-refractivity contribution in [2.45, 2.75) is 33.7 Å². The zero-order chi connectivity index (χ0) is 10.6. The van der Waals surface area contributed by atoms with E-state index in [2.05, 4.69) is 30.8 Å². The summed E-state index contributed by atoms with van der Waals surface area (Å²) >= 11 is 0. The van der Waals surface area contributed by atoms with Crippen molar-refractivity contribution < 1.29 is 0 Å². The lowest BCUT2D eigenvalue weighted by molar-refractivity contribution is 0.779. The van der Waals surface area contributed by atoms with Crippen molar-refractivity contribution in [3.05, 3.63) is 23.4 Å². The van der Waals surface area contributed by atoms with Gasteiger partial charge in [-0.1, -0.05) is 19.9 Å². The Balaban J connectivity index is 2.87. The third kappa shape index (κ3) is 2.41. The molecule has 0 N–H and O–H groups in total. The molecule has 0 aromatic heterocycles. The minimum Gasteiger partial charge on any atom is -0.283 e. The van der Waals surface area contributed by atoms with E-state index in [1.165, 1.54) is 5.57 Å². The summed E-state index contributed by atoms with van der Waals surface area (Å²) in [6.07, 6.45) is 7.70. The predicted molar refractivity (Wildman–Crippen MR) is 63.1 cm³/mol. The predicted octanol–water partition coefficient (Wildman–Crippen LogP) is 3.02. The van der Waals surface area contributed by atoms with E-state index in [1.807, 2.05) is 31.5 Å². The second kappa shape index (κ2) is 4.89. The summed E-state index contributed by atoms with van der Waals surface area (Å²) in [6.45, 7) is 8.40. The molecule has 76 valence electrons. The van der Waals surface area contributed by atoms with Crippen LogP contribution in [0.15, 0.2) is 33.4 Å². The summed E-state index contributed by atoms with van der Waals surface area (Å²) in [5.41, 5.74) is 2.37. The van der Waals surface area contributed by atoms with E-state index < -0.39 is 0 Å². The lowest BCUT2D eigenvalue weighted by atomic mass is 10.0. The van der Waals surface area contributed by atoms with Crippen LogP contribution in [0.2, 0.25) is 0 Å². The molecule has 0 bridgehead atoms.